The maximum absolute atomic E-state index is 5.89. The van der Waals surface area contributed by atoms with E-state index in [1.54, 1.807) is 17.5 Å². The van der Waals surface area contributed by atoms with Crippen molar-refractivity contribution in [2.24, 2.45) is 0 Å². The van der Waals surface area contributed by atoms with Crippen LogP contribution in [0.25, 0.3) is 21.9 Å². The summed E-state index contributed by atoms with van der Waals surface area (Å²) in [6.07, 6.45) is 1.73. The fourth-order valence-corrected chi connectivity index (χ4v) is 2.73. The van der Waals surface area contributed by atoms with Crippen molar-refractivity contribution < 1.29 is 4.52 Å². The number of rotatable bonds is 2. The Morgan fingerprint density at radius 3 is 2.83 bits per heavy atom. The summed E-state index contributed by atoms with van der Waals surface area (Å²) < 4.78 is 5.37. The lowest BCUT2D eigenvalue weighted by molar-refractivity contribution is 0.436. The minimum atomic E-state index is 0.372. The van der Waals surface area contributed by atoms with E-state index in [1.807, 2.05) is 36.6 Å². The van der Waals surface area contributed by atoms with Gasteiger partial charge in [-0.1, -0.05) is 11.2 Å². The quantitative estimate of drug-likeness (QED) is 0.764. The molecule has 0 spiro atoms. The molecule has 3 rings (SSSR count). The summed E-state index contributed by atoms with van der Waals surface area (Å²) in [7, 11) is 0. The lowest BCUT2D eigenvalue weighted by Crippen LogP contribution is -1.90. The van der Waals surface area contributed by atoms with Gasteiger partial charge in [-0.3, -0.25) is 4.98 Å². The molecule has 0 fully saturated rings. The van der Waals surface area contributed by atoms with Gasteiger partial charge in [0.2, 0.25) is 0 Å². The lowest BCUT2D eigenvalue weighted by atomic mass is 10.1. The molecule has 0 aliphatic heterocycles. The van der Waals surface area contributed by atoms with Crippen LogP contribution in [0, 0.1) is 6.92 Å². The van der Waals surface area contributed by atoms with Crippen molar-refractivity contribution in [3.8, 4) is 21.9 Å². The van der Waals surface area contributed by atoms with Crippen molar-refractivity contribution in [1.29, 1.82) is 0 Å². The van der Waals surface area contributed by atoms with Crippen molar-refractivity contribution in [1.82, 2.24) is 10.1 Å². The van der Waals surface area contributed by atoms with Crippen molar-refractivity contribution in [2.75, 3.05) is 5.73 Å². The number of aryl methyl sites for hydroxylation is 1. The molecule has 3 heterocycles. The normalized spacial score (nSPS) is 10.7. The van der Waals surface area contributed by atoms with Crippen LogP contribution in [0.1, 0.15) is 5.56 Å². The summed E-state index contributed by atoms with van der Waals surface area (Å²) in [5.41, 5.74) is 8.58. The summed E-state index contributed by atoms with van der Waals surface area (Å²) in [4.78, 5) is 5.35. The molecule has 5 heteroatoms. The lowest BCUT2D eigenvalue weighted by Gasteiger charge is -2.00. The topological polar surface area (TPSA) is 64.9 Å². The average Bonchev–Trinajstić information content (AvgIpc) is 2.96. The Labute approximate surface area is 108 Å². The third-order valence-corrected chi connectivity index (χ3v) is 3.72. The second-order valence-electron chi connectivity index (χ2n) is 3.92. The number of hydrogen-bond donors (Lipinski definition) is 1. The van der Waals surface area contributed by atoms with Crippen molar-refractivity contribution in [3.05, 3.63) is 41.4 Å². The first kappa shape index (κ1) is 11.0. The largest absolute Gasteiger partial charge is 0.380 e. The highest BCUT2D eigenvalue weighted by molar-refractivity contribution is 7.13. The Balaban J connectivity index is 2.22. The number of nitrogen functional groups attached to an aromatic ring is 1. The molecule has 0 unspecified atom stereocenters. The standard InChI is InChI=1S/C13H11N3OS/c1-8-5-7-18-12(8)11-10(13(14)16-17-11)9-4-2-3-6-15-9/h2-7H,1H3,(H2,14,16). The molecule has 90 valence electrons. The Morgan fingerprint density at radius 1 is 1.28 bits per heavy atom. The third kappa shape index (κ3) is 1.69. The van der Waals surface area contributed by atoms with E-state index >= 15 is 0 Å². The molecule has 0 saturated heterocycles. The van der Waals surface area contributed by atoms with Crippen molar-refractivity contribution in [3.63, 3.8) is 0 Å². The highest BCUT2D eigenvalue weighted by Crippen LogP contribution is 2.39. The van der Waals surface area contributed by atoms with Crippen LogP contribution in [0.5, 0.6) is 0 Å². The molecule has 3 aromatic heterocycles. The van der Waals surface area contributed by atoms with E-state index in [4.69, 9.17) is 10.3 Å². The van der Waals surface area contributed by atoms with Crippen LogP contribution in [-0.4, -0.2) is 10.1 Å². The zero-order chi connectivity index (χ0) is 12.5. The van der Waals surface area contributed by atoms with E-state index in [0.29, 0.717) is 11.6 Å². The molecule has 18 heavy (non-hydrogen) atoms. The van der Waals surface area contributed by atoms with Crippen LogP contribution in [0.15, 0.2) is 40.4 Å². The molecule has 0 bridgehead atoms. The number of pyridine rings is 1. The van der Waals surface area contributed by atoms with Gasteiger partial charge in [-0.15, -0.1) is 11.3 Å². The summed E-state index contributed by atoms with van der Waals surface area (Å²) in [6, 6.07) is 7.72. The van der Waals surface area contributed by atoms with E-state index in [9.17, 15) is 0 Å². The monoisotopic (exact) mass is 257 g/mol. The molecule has 0 aliphatic rings. The number of anilines is 1. The molecule has 0 atom stereocenters. The van der Waals surface area contributed by atoms with E-state index in [-0.39, 0.29) is 0 Å². The number of aromatic nitrogens is 2. The fraction of sp³-hybridized carbons (Fsp3) is 0.0769. The zero-order valence-electron chi connectivity index (χ0n) is 9.75. The molecule has 0 amide bonds. The summed E-state index contributed by atoms with van der Waals surface area (Å²) in [5, 5.41) is 5.88. The van der Waals surface area contributed by atoms with E-state index in [0.717, 1.165) is 21.7 Å². The summed E-state index contributed by atoms with van der Waals surface area (Å²) in [5.74, 6) is 1.07. The van der Waals surface area contributed by atoms with Crippen LogP contribution in [0.2, 0.25) is 0 Å². The predicted octanol–water partition coefficient (Wildman–Crippen LogP) is 3.36. The highest BCUT2D eigenvalue weighted by atomic mass is 32.1. The van der Waals surface area contributed by atoms with Crippen molar-refractivity contribution in [2.45, 2.75) is 6.92 Å². The minimum absolute atomic E-state index is 0.372. The summed E-state index contributed by atoms with van der Waals surface area (Å²) >= 11 is 1.61. The molecule has 0 saturated carbocycles. The fourth-order valence-electron chi connectivity index (χ4n) is 1.82. The Morgan fingerprint density at radius 2 is 2.17 bits per heavy atom. The zero-order valence-corrected chi connectivity index (χ0v) is 10.6. The number of hydrogen-bond acceptors (Lipinski definition) is 5. The Hall–Kier alpha value is -2.14. The molecular weight excluding hydrogens is 246 g/mol. The molecule has 3 aromatic rings. The van der Waals surface area contributed by atoms with Gasteiger partial charge in [0.05, 0.1) is 16.1 Å². The molecule has 0 aliphatic carbocycles. The first-order valence-electron chi connectivity index (χ1n) is 5.48. The highest BCUT2D eigenvalue weighted by Gasteiger charge is 2.20. The van der Waals surface area contributed by atoms with Gasteiger partial charge in [-0.05, 0) is 36.1 Å². The predicted molar refractivity (Wildman–Crippen MR) is 72.2 cm³/mol. The number of nitrogens with two attached hydrogens (primary N) is 1. The molecule has 2 N–H and O–H groups in total. The maximum Gasteiger partial charge on any atom is 0.188 e. The van der Waals surface area contributed by atoms with E-state index in [2.05, 4.69) is 10.1 Å². The smallest absolute Gasteiger partial charge is 0.188 e. The van der Waals surface area contributed by atoms with Gasteiger partial charge in [0, 0.05) is 6.20 Å². The van der Waals surface area contributed by atoms with Gasteiger partial charge in [-0.2, -0.15) is 0 Å². The van der Waals surface area contributed by atoms with Crippen LogP contribution in [0.3, 0.4) is 0 Å². The Kier molecular flexibility index (Phi) is 2.60. The average molecular weight is 257 g/mol. The second-order valence-corrected chi connectivity index (χ2v) is 4.84. The van der Waals surface area contributed by atoms with Gasteiger partial charge in [0.1, 0.15) is 0 Å². The van der Waals surface area contributed by atoms with Gasteiger partial charge in [-0.25, -0.2) is 0 Å². The third-order valence-electron chi connectivity index (χ3n) is 2.71. The summed E-state index contributed by atoms with van der Waals surface area (Å²) in [6.45, 7) is 2.03. The van der Waals surface area contributed by atoms with Gasteiger partial charge in [0.15, 0.2) is 11.6 Å². The molecular formula is C13H11N3OS. The van der Waals surface area contributed by atoms with E-state index in [1.165, 1.54) is 0 Å². The number of nitrogens with zero attached hydrogens (tertiary/aromatic N) is 2. The SMILES string of the molecule is Cc1ccsc1-c1onc(N)c1-c1ccccn1. The van der Waals surface area contributed by atoms with Crippen LogP contribution >= 0.6 is 11.3 Å². The van der Waals surface area contributed by atoms with Gasteiger partial charge < -0.3 is 10.3 Å². The maximum atomic E-state index is 5.89. The molecule has 0 radical (unpaired) electrons. The van der Waals surface area contributed by atoms with Crippen LogP contribution < -0.4 is 5.73 Å². The number of thiophene rings is 1. The van der Waals surface area contributed by atoms with E-state index < -0.39 is 0 Å². The molecule has 0 aromatic carbocycles. The van der Waals surface area contributed by atoms with Crippen LogP contribution in [-0.2, 0) is 0 Å². The van der Waals surface area contributed by atoms with Gasteiger partial charge in [0.25, 0.3) is 0 Å². The Bertz CT molecular complexity index is 673. The first-order chi connectivity index (χ1) is 8.77. The second kappa shape index (κ2) is 4.27. The van der Waals surface area contributed by atoms with Crippen molar-refractivity contribution >= 4 is 17.2 Å². The first-order valence-corrected chi connectivity index (χ1v) is 6.36. The molecule has 4 nitrogen and oxygen atoms in total. The van der Waals surface area contributed by atoms with Gasteiger partial charge >= 0.3 is 0 Å². The van der Waals surface area contributed by atoms with Crippen LogP contribution in [0.4, 0.5) is 5.82 Å². The minimum Gasteiger partial charge on any atom is -0.380 e.